The van der Waals surface area contributed by atoms with Crippen molar-refractivity contribution < 1.29 is 4.92 Å². The molecule has 0 N–H and O–H groups in total. The highest BCUT2D eigenvalue weighted by molar-refractivity contribution is 5.34. The third kappa shape index (κ3) is 3.01. The van der Waals surface area contributed by atoms with Crippen molar-refractivity contribution in [3.05, 3.63) is 52.6 Å². The largest absolute Gasteiger partial charge is 0.269 e. The summed E-state index contributed by atoms with van der Waals surface area (Å²) in [5, 5.41) is 10.5. The summed E-state index contributed by atoms with van der Waals surface area (Å²) >= 11 is 0. The Morgan fingerprint density at radius 1 is 1.50 bits per heavy atom. The van der Waals surface area contributed by atoms with E-state index in [2.05, 4.69) is 0 Å². The second-order valence-corrected chi connectivity index (χ2v) is 3.02. The Kier molecular flexibility index (Phi) is 3.85. The number of nitro groups is 1. The van der Waals surface area contributed by atoms with E-state index in [1.54, 1.807) is 12.1 Å². The molecular weight excluding hydrogens is 178 g/mol. The van der Waals surface area contributed by atoms with Crippen LogP contribution in [0, 0.1) is 16.7 Å². The molecule has 0 aromatic heterocycles. The zero-order valence-corrected chi connectivity index (χ0v) is 7.77. The maximum atomic E-state index is 10.5. The van der Waals surface area contributed by atoms with Crippen molar-refractivity contribution in [2.45, 2.75) is 19.3 Å². The molecule has 0 unspecified atom stereocenters. The van der Waals surface area contributed by atoms with Crippen molar-refractivity contribution in [2.24, 2.45) is 0 Å². The molecule has 0 saturated heterocycles. The number of hydrogen-bond acceptors (Lipinski definition) is 2. The number of allylic oxidation sites excluding steroid dienone is 1. The molecule has 0 aliphatic heterocycles. The van der Waals surface area contributed by atoms with Crippen LogP contribution in [0.2, 0.25) is 0 Å². The summed E-state index contributed by atoms with van der Waals surface area (Å²) in [6.07, 6.45) is 3.74. The number of non-ortho nitro benzene ring substituents is 1. The van der Waals surface area contributed by atoms with Crippen molar-refractivity contribution in [3.8, 4) is 0 Å². The van der Waals surface area contributed by atoms with E-state index < -0.39 is 0 Å². The number of hydrogen-bond donors (Lipinski definition) is 0. The molecule has 0 aliphatic carbocycles. The fourth-order valence-electron chi connectivity index (χ4n) is 1.23. The highest BCUT2D eigenvalue weighted by Crippen LogP contribution is 2.14. The molecular formula is C11H11NO2. The van der Waals surface area contributed by atoms with Crippen LogP contribution >= 0.6 is 0 Å². The van der Waals surface area contributed by atoms with Gasteiger partial charge in [-0.1, -0.05) is 18.2 Å². The fraction of sp³-hybridized carbons (Fsp3) is 0.273. The molecule has 0 atom stereocenters. The van der Waals surface area contributed by atoms with Crippen LogP contribution in [0.4, 0.5) is 5.69 Å². The predicted octanol–water partition coefficient (Wildman–Crippen LogP) is 2.78. The lowest BCUT2D eigenvalue weighted by atomic mass is 10.1. The van der Waals surface area contributed by atoms with Crippen LogP contribution in [0.1, 0.15) is 18.4 Å². The molecule has 0 amide bonds. The van der Waals surface area contributed by atoms with Crippen molar-refractivity contribution in [1.29, 1.82) is 0 Å². The summed E-state index contributed by atoms with van der Waals surface area (Å²) < 4.78 is 0. The van der Waals surface area contributed by atoms with Crippen LogP contribution in [0.5, 0.6) is 0 Å². The van der Waals surface area contributed by atoms with Gasteiger partial charge in [0.25, 0.3) is 5.69 Å². The van der Waals surface area contributed by atoms with E-state index >= 15 is 0 Å². The standard InChI is InChI=1S/C11H11NO2/c1-2-3-4-6-10-7-5-8-11(9-10)12(13)14/h2,5,7-9H,3-4,6H2. The minimum atomic E-state index is -0.389. The fourth-order valence-corrected chi connectivity index (χ4v) is 1.23. The summed E-state index contributed by atoms with van der Waals surface area (Å²) in [5.74, 6) is 0. The first-order chi connectivity index (χ1) is 6.74. The monoisotopic (exact) mass is 189 g/mol. The Morgan fingerprint density at radius 2 is 2.29 bits per heavy atom. The van der Waals surface area contributed by atoms with E-state index in [1.165, 1.54) is 12.1 Å². The molecule has 14 heavy (non-hydrogen) atoms. The van der Waals surface area contributed by atoms with Crippen LogP contribution in [0.3, 0.4) is 0 Å². The average molecular weight is 189 g/mol. The lowest BCUT2D eigenvalue weighted by molar-refractivity contribution is -0.384. The lowest BCUT2D eigenvalue weighted by Crippen LogP contribution is -1.90. The van der Waals surface area contributed by atoms with Crippen molar-refractivity contribution in [2.75, 3.05) is 0 Å². The smallest absolute Gasteiger partial charge is 0.258 e. The average Bonchev–Trinajstić information content (AvgIpc) is 2.19. The van der Waals surface area contributed by atoms with Gasteiger partial charge in [-0.3, -0.25) is 10.1 Å². The normalized spacial score (nSPS) is 9.71. The molecule has 1 rings (SSSR count). The number of aryl methyl sites for hydroxylation is 1. The van der Waals surface area contributed by atoms with Gasteiger partial charge in [-0.05, 0) is 31.4 Å². The van der Waals surface area contributed by atoms with Gasteiger partial charge in [0.2, 0.25) is 0 Å². The summed E-state index contributed by atoms with van der Waals surface area (Å²) in [6.45, 7) is 6.85. The Bertz CT molecular complexity index is 334. The molecule has 1 aromatic rings. The number of nitrogens with zero attached hydrogens (tertiary/aromatic N) is 1. The molecule has 3 heteroatoms. The van der Waals surface area contributed by atoms with E-state index in [1.807, 2.05) is 6.07 Å². The molecule has 0 fully saturated rings. The highest BCUT2D eigenvalue weighted by atomic mass is 16.6. The van der Waals surface area contributed by atoms with Gasteiger partial charge in [0.15, 0.2) is 0 Å². The second-order valence-electron chi connectivity index (χ2n) is 3.02. The van der Waals surface area contributed by atoms with Crippen LogP contribution in [0.25, 0.3) is 0 Å². The van der Waals surface area contributed by atoms with Crippen LogP contribution in [-0.4, -0.2) is 4.92 Å². The number of nitro benzene ring substituents is 1. The van der Waals surface area contributed by atoms with Gasteiger partial charge in [-0.25, -0.2) is 0 Å². The van der Waals surface area contributed by atoms with E-state index in [-0.39, 0.29) is 10.6 Å². The van der Waals surface area contributed by atoms with E-state index in [0.717, 1.165) is 24.8 Å². The molecule has 2 radical (unpaired) electrons. The zero-order chi connectivity index (χ0) is 10.4. The topological polar surface area (TPSA) is 43.1 Å². The summed E-state index contributed by atoms with van der Waals surface area (Å²) in [7, 11) is 0. The lowest BCUT2D eigenvalue weighted by Gasteiger charge is -1.98. The van der Waals surface area contributed by atoms with Crippen LogP contribution in [-0.2, 0) is 6.42 Å². The molecule has 0 heterocycles. The second kappa shape index (κ2) is 5.17. The van der Waals surface area contributed by atoms with Crippen molar-refractivity contribution >= 4 is 5.69 Å². The number of rotatable bonds is 5. The van der Waals surface area contributed by atoms with Gasteiger partial charge >= 0.3 is 0 Å². The summed E-state index contributed by atoms with van der Waals surface area (Å²) in [5.41, 5.74) is 1.10. The van der Waals surface area contributed by atoms with Gasteiger partial charge in [0.05, 0.1) is 4.92 Å². The Balaban J connectivity index is 2.63. The van der Waals surface area contributed by atoms with E-state index in [4.69, 9.17) is 6.58 Å². The first-order valence-electron chi connectivity index (χ1n) is 4.46. The van der Waals surface area contributed by atoms with E-state index in [0.29, 0.717) is 0 Å². The SMILES string of the molecule is [C]=CCCCc1cccc([N+](=O)[O-])c1. The number of unbranched alkanes of at least 4 members (excludes halogenated alkanes) is 1. The molecule has 0 bridgehead atoms. The minimum Gasteiger partial charge on any atom is -0.258 e. The molecule has 0 saturated carbocycles. The number of benzene rings is 1. The molecule has 0 aliphatic rings. The van der Waals surface area contributed by atoms with Gasteiger partial charge < -0.3 is 0 Å². The van der Waals surface area contributed by atoms with E-state index in [9.17, 15) is 10.1 Å². The first kappa shape index (κ1) is 10.4. The third-order valence-corrected chi connectivity index (χ3v) is 1.94. The van der Waals surface area contributed by atoms with Crippen LogP contribution < -0.4 is 0 Å². The van der Waals surface area contributed by atoms with Gasteiger partial charge in [-0.2, -0.15) is 0 Å². The Labute approximate surface area is 83.2 Å². The van der Waals surface area contributed by atoms with Gasteiger partial charge in [0.1, 0.15) is 0 Å². The predicted molar refractivity (Wildman–Crippen MR) is 53.8 cm³/mol. The quantitative estimate of drug-likeness (QED) is 0.406. The van der Waals surface area contributed by atoms with Crippen molar-refractivity contribution in [3.63, 3.8) is 0 Å². The Hall–Kier alpha value is -1.64. The third-order valence-electron chi connectivity index (χ3n) is 1.94. The zero-order valence-electron chi connectivity index (χ0n) is 7.77. The molecule has 3 nitrogen and oxygen atoms in total. The van der Waals surface area contributed by atoms with Crippen LogP contribution in [0.15, 0.2) is 30.3 Å². The maximum Gasteiger partial charge on any atom is 0.269 e. The molecule has 72 valence electrons. The van der Waals surface area contributed by atoms with Gasteiger partial charge in [-0.15, -0.1) is 0 Å². The van der Waals surface area contributed by atoms with Crippen molar-refractivity contribution in [1.82, 2.24) is 0 Å². The molecule has 0 spiro atoms. The first-order valence-corrected chi connectivity index (χ1v) is 4.46. The highest BCUT2D eigenvalue weighted by Gasteiger charge is 2.04. The molecule has 1 aromatic carbocycles. The maximum absolute atomic E-state index is 10.5. The Morgan fingerprint density at radius 3 is 2.93 bits per heavy atom. The summed E-state index contributed by atoms with van der Waals surface area (Å²) in [4.78, 5) is 10.1. The summed E-state index contributed by atoms with van der Waals surface area (Å²) in [6, 6.07) is 6.64. The minimum absolute atomic E-state index is 0.136. The van der Waals surface area contributed by atoms with Gasteiger partial charge in [0, 0.05) is 12.1 Å².